The summed E-state index contributed by atoms with van der Waals surface area (Å²) < 4.78 is 47.0. The van der Waals surface area contributed by atoms with Gasteiger partial charge in [0.2, 0.25) is 27.7 Å². The van der Waals surface area contributed by atoms with E-state index < -0.39 is 74.1 Å². The number of carbonyl (C=O) groups is 4. The first-order valence-electron chi connectivity index (χ1n) is 21.1. The summed E-state index contributed by atoms with van der Waals surface area (Å²) in [7, 11) is -3.98. The predicted octanol–water partition coefficient (Wildman–Crippen LogP) is 4.38. The Balaban J connectivity index is 1.28. The number of alkyl carbamates (subject to hydrolysis) is 1. The Morgan fingerprint density at radius 2 is 1.90 bits per heavy atom. The van der Waals surface area contributed by atoms with E-state index in [-0.39, 0.29) is 44.1 Å². The largest absolute Gasteiger partial charge is 0.492 e. The van der Waals surface area contributed by atoms with Crippen LogP contribution in [0.15, 0.2) is 61.2 Å². The Kier molecular flexibility index (Phi) is 12.6. The number of carbonyl (C=O) groups excluding carboxylic acids is 4. The number of amides is 4. The highest BCUT2D eigenvalue weighted by atomic mass is 32.2. The van der Waals surface area contributed by atoms with Gasteiger partial charge in [-0.2, -0.15) is 0 Å². The SMILES string of the molecule is C=CC1C=CC1(NC(=O)C1CC2CN1C(=O)C(C(C)(C)C)NC(=O)OC1CCCC1CCC=CCc1c(nc3ccccc3c1OCCCO)O2)C(=O)NS(=O)(=O)C1CC1. The van der Waals surface area contributed by atoms with Crippen LogP contribution in [0.5, 0.6) is 11.6 Å². The topological polar surface area (TPSA) is 203 Å². The lowest BCUT2D eigenvalue weighted by Crippen LogP contribution is -2.67. The van der Waals surface area contributed by atoms with E-state index in [1.54, 1.807) is 6.08 Å². The maximum absolute atomic E-state index is 14.9. The zero-order chi connectivity index (χ0) is 42.8. The molecule has 1 aromatic heterocycles. The van der Waals surface area contributed by atoms with E-state index in [0.29, 0.717) is 48.9 Å². The lowest BCUT2D eigenvalue weighted by atomic mass is 9.73. The summed E-state index contributed by atoms with van der Waals surface area (Å²) in [6, 6.07) is 5.14. The number of sulfonamides is 1. The number of hydrogen-bond acceptors (Lipinski definition) is 11. The second kappa shape index (κ2) is 17.6. The summed E-state index contributed by atoms with van der Waals surface area (Å²) in [5.41, 5.74) is -1.36. The maximum atomic E-state index is 14.9. The van der Waals surface area contributed by atoms with Crippen molar-refractivity contribution < 1.29 is 46.9 Å². The zero-order valence-corrected chi connectivity index (χ0v) is 35.4. The minimum atomic E-state index is -3.98. The van der Waals surface area contributed by atoms with Gasteiger partial charge in [0.15, 0.2) is 0 Å². The van der Waals surface area contributed by atoms with Crippen molar-refractivity contribution in [3.63, 3.8) is 0 Å². The minimum Gasteiger partial charge on any atom is -0.492 e. The number of nitrogens with one attached hydrogen (secondary N) is 3. The summed E-state index contributed by atoms with van der Waals surface area (Å²) in [5, 5.41) is 15.3. The van der Waals surface area contributed by atoms with Gasteiger partial charge in [-0.15, -0.1) is 6.58 Å². The number of nitrogens with zero attached hydrogens (tertiary/aromatic N) is 2. The van der Waals surface area contributed by atoms with E-state index in [4.69, 9.17) is 19.2 Å². The molecular formula is C44H57N5O10S. The van der Waals surface area contributed by atoms with Gasteiger partial charge in [0.05, 0.1) is 29.5 Å². The van der Waals surface area contributed by atoms with Gasteiger partial charge in [-0.05, 0) is 74.8 Å². The number of aromatic nitrogens is 1. The van der Waals surface area contributed by atoms with E-state index in [9.17, 15) is 32.7 Å². The van der Waals surface area contributed by atoms with Crippen LogP contribution in [0.2, 0.25) is 0 Å². The van der Waals surface area contributed by atoms with Crippen molar-refractivity contribution in [2.24, 2.45) is 17.3 Å². The van der Waals surface area contributed by atoms with Crippen LogP contribution in [0.3, 0.4) is 0 Å². The van der Waals surface area contributed by atoms with Crippen LogP contribution in [0.4, 0.5) is 4.79 Å². The predicted molar refractivity (Wildman–Crippen MR) is 223 cm³/mol. The Morgan fingerprint density at radius 3 is 2.60 bits per heavy atom. The van der Waals surface area contributed by atoms with Crippen molar-refractivity contribution in [1.29, 1.82) is 0 Å². The van der Waals surface area contributed by atoms with Crippen molar-refractivity contribution in [1.82, 2.24) is 25.2 Å². The average Bonchev–Trinajstić information content (AvgIpc) is 3.85. The molecule has 2 bridgehead atoms. The first-order chi connectivity index (χ1) is 28.6. The fourth-order valence-corrected chi connectivity index (χ4v) is 10.0. The lowest BCUT2D eigenvalue weighted by Gasteiger charge is -2.42. The molecule has 3 fully saturated rings. The molecule has 4 N–H and O–H groups in total. The average molecular weight is 848 g/mol. The molecule has 4 amide bonds. The molecule has 0 spiro atoms. The second-order valence-corrected chi connectivity index (χ2v) is 19.6. The highest BCUT2D eigenvalue weighted by molar-refractivity contribution is 7.91. The van der Waals surface area contributed by atoms with Crippen molar-refractivity contribution in [2.45, 2.75) is 120 Å². The number of pyridine rings is 1. The quantitative estimate of drug-likeness (QED) is 0.195. The van der Waals surface area contributed by atoms with Gasteiger partial charge in [0.25, 0.3) is 5.91 Å². The first kappa shape index (κ1) is 43.1. The van der Waals surface area contributed by atoms with Crippen LogP contribution >= 0.6 is 0 Å². The van der Waals surface area contributed by atoms with Crippen molar-refractivity contribution in [2.75, 3.05) is 19.8 Å². The third kappa shape index (κ3) is 9.04. The summed E-state index contributed by atoms with van der Waals surface area (Å²) in [4.78, 5) is 63.2. The van der Waals surface area contributed by atoms with E-state index in [1.807, 2.05) is 51.1 Å². The molecular weight excluding hydrogens is 791 g/mol. The third-order valence-electron chi connectivity index (χ3n) is 12.2. The molecule has 2 aromatic rings. The van der Waals surface area contributed by atoms with Crippen LogP contribution in [-0.4, -0.2) is 102 Å². The van der Waals surface area contributed by atoms with Crippen molar-refractivity contribution >= 4 is 44.7 Å². The second-order valence-electron chi connectivity index (χ2n) is 17.6. The van der Waals surface area contributed by atoms with Crippen LogP contribution in [-0.2, 0) is 35.6 Å². The molecule has 7 unspecified atom stereocenters. The van der Waals surface area contributed by atoms with Gasteiger partial charge >= 0.3 is 6.09 Å². The van der Waals surface area contributed by atoms with Gasteiger partial charge < -0.3 is 34.9 Å². The molecule has 2 saturated carbocycles. The maximum Gasteiger partial charge on any atom is 0.408 e. The molecule has 1 aromatic carbocycles. The summed E-state index contributed by atoms with van der Waals surface area (Å²) in [6.07, 6.45) is 12.5. The molecule has 2 aliphatic heterocycles. The van der Waals surface area contributed by atoms with E-state index in [2.05, 4.69) is 28.0 Å². The highest BCUT2D eigenvalue weighted by Crippen LogP contribution is 2.39. The number of rotatable bonds is 10. The van der Waals surface area contributed by atoms with Gasteiger partial charge in [-0.1, -0.05) is 63.3 Å². The molecule has 15 nitrogen and oxygen atoms in total. The zero-order valence-electron chi connectivity index (χ0n) is 34.6. The van der Waals surface area contributed by atoms with Crippen LogP contribution in [0.1, 0.15) is 84.1 Å². The van der Waals surface area contributed by atoms with Crippen molar-refractivity contribution in [3.8, 4) is 11.6 Å². The summed E-state index contributed by atoms with van der Waals surface area (Å²) in [5.74, 6) is -1.99. The number of fused-ring (bicyclic) bond motifs is 5. The summed E-state index contributed by atoms with van der Waals surface area (Å²) >= 11 is 0. The lowest BCUT2D eigenvalue weighted by molar-refractivity contribution is -0.143. The fourth-order valence-electron chi connectivity index (χ4n) is 8.67. The number of allylic oxidation sites excluding steroid dienone is 2. The number of para-hydroxylation sites is 1. The monoisotopic (exact) mass is 847 g/mol. The van der Waals surface area contributed by atoms with Gasteiger partial charge in [-0.3, -0.25) is 19.1 Å². The highest BCUT2D eigenvalue weighted by Gasteiger charge is 2.54. The van der Waals surface area contributed by atoms with E-state index in [1.165, 1.54) is 17.1 Å². The van der Waals surface area contributed by atoms with Crippen molar-refractivity contribution in [3.05, 3.63) is 66.8 Å². The smallest absolute Gasteiger partial charge is 0.408 e. The molecule has 60 heavy (non-hydrogen) atoms. The van der Waals surface area contributed by atoms with Crippen LogP contribution < -0.4 is 24.8 Å². The van der Waals surface area contributed by atoms with Crippen LogP contribution in [0, 0.1) is 17.3 Å². The Bertz CT molecular complexity index is 2160. The fraction of sp³-hybridized carbons (Fsp3) is 0.568. The van der Waals surface area contributed by atoms with Gasteiger partial charge in [-0.25, -0.2) is 18.2 Å². The Morgan fingerprint density at radius 1 is 1.12 bits per heavy atom. The van der Waals surface area contributed by atoms with E-state index >= 15 is 0 Å². The molecule has 3 aliphatic carbocycles. The Hall–Kier alpha value is -4.96. The summed E-state index contributed by atoms with van der Waals surface area (Å²) in [6.45, 7) is 9.34. The number of aliphatic hydroxyl groups is 1. The third-order valence-corrected chi connectivity index (χ3v) is 14.1. The standard InChI is InChI=1S/C44H57N5O10S/c1-5-28-21-22-44(28,41(53)48-60(55,56)30-19-20-30)47-38(51)34-25-29-26-49(34)40(52)37(43(2,3)4)46-42(54)59-35-18-11-14-27(35)13-7-6-8-16-32-36(57-24-12-23-50)31-15-9-10-17-33(31)45-39(32)58-29/h5-6,8-10,15,17,21-22,27-30,34-35,37,50H,1,7,11-14,16,18-20,23-26H2,2-4H3,(H,46,54)(H,47,51)(H,48,53). The molecule has 5 aliphatic rings. The minimum absolute atomic E-state index is 0.0341. The molecule has 324 valence electrons. The Labute approximate surface area is 351 Å². The number of ether oxygens (including phenoxy) is 3. The normalized spacial score (nSPS) is 28.5. The molecule has 7 atom stereocenters. The number of benzene rings is 1. The van der Waals surface area contributed by atoms with Gasteiger partial charge in [0.1, 0.15) is 35.6 Å². The molecule has 16 heteroatoms. The number of hydrogen-bond donors (Lipinski definition) is 4. The van der Waals surface area contributed by atoms with Gasteiger partial charge in [0, 0.05) is 30.8 Å². The molecule has 0 radical (unpaired) electrons. The molecule has 3 heterocycles. The number of aliphatic hydroxyl groups excluding tert-OH is 1. The first-order valence-corrected chi connectivity index (χ1v) is 22.6. The van der Waals surface area contributed by atoms with Crippen LogP contribution in [0.25, 0.3) is 10.9 Å². The molecule has 1 saturated heterocycles. The molecule has 7 rings (SSSR count). The van der Waals surface area contributed by atoms with E-state index in [0.717, 1.165) is 31.1 Å².